The highest BCUT2D eigenvalue weighted by atomic mass is 79.9. The zero-order chi connectivity index (χ0) is 15.2. The Morgan fingerprint density at radius 1 is 1.24 bits per heavy atom. The fraction of sp³-hybridized carbons (Fsp3) is 0.188. The molecule has 0 aliphatic rings. The molecule has 0 saturated carbocycles. The Morgan fingerprint density at radius 2 is 2.00 bits per heavy atom. The number of carbonyl (C=O) groups is 1. The summed E-state index contributed by atoms with van der Waals surface area (Å²) in [6.45, 7) is 3.12. The fourth-order valence-corrected chi connectivity index (χ4v) is 2.37. The Kier molecular flexibility index (Phi) is 5.22. The van der Waals surface area contributed by atoms with Crippen LogP contribution in [0.5, 0.6) is 0 Å². The minimum atomic E-state index is -0.0959. The molecule has 0 aromatic heterocycles. The third-order valence-electron chi connectivity index (χ3n) is 3.08. The standard InChI is InChI=1S/C16H18BrN3O/c1-2-19-16(21)11-7-8-14(18)15(9-11)20-10-12-5-3-4-6-13(12)17/h3-9,20H,2,10,18H2,1H3,(H,19,21). The van der Waals surface area contributed by atoms with Gasteiger partial charge in [-0.25, -0.2) is 0 Å². The van der Waals surface area contributed by atoms with E-state index in [1.807, 2.05) is 31.2 Å². The molecule has 4 nitrogen and oxygen atoms in total. The molecule has 2 aromatic carbocycles. The number of carbonyl (C=O) groups excluding carboxylic acids is 1. The number of rotatable bonds is 5. The summed E-state index contributed by atoms with van der Waals surface area (Å²) in [6.07, 6.45) is 0. The van der Waals surface area contributed by atoms with Gasteiger partial charge in [-0.2, -0.15) is 0 Å². The van der Waals surface area contributed by atoms with Crippen molar-refractivity contribution in [1.82, 2.24) is 5.32 Å². The van der Waals surface area contributed by atoms with Crippen LogP contribution >= 0.6 is 15.9 Å². The zero-order valence-corrected chi connectivity index (χ0v) is 13.4. The average molecular weight is 348 g/mol. The molecule has 0 saturated heterocycles. The SMILES string of the molecule is CCNC(=O)c1ccc(N)c(NCc2ccccc2Br)c1. The van der Waals surface area contributed by atoms with Crippen LogP contribution in [0, 0.1) is 0 Å². The van der Waals surface area contributed by atoms with Gasteiger partial charge in [0.25, 0.3) is 5.91 Å². The van der Waals surface area contributed by atoms with E-state index in [0.29, 0.717) is 24.3 Å². The first-order valence-electron chi connectivity index (χ1n) is 6.76. The van der Waals surface area contributed by atoms with E-state index in [-0.39, 0.29) is 5.91 Å². The van der Waals surface area contributed by atoms with Crippen molar-refractivity contribution in [1.29, 1.82) is 0 Å². The van der Waals surface area contributed by atoms with E-state index in [1.54, 1.807) is 18.2 Å². The summed E-state index contributed by atoms with van der Waals surface area (Å²) in [7, 11) is 0. The maximum absolute atomic E-state index is 11.8. The van der Waals surface area contributed by atoms with Gasteiger partial charge >= 0.3 is 0 Å². The van der Waals surface area contributed by atoms with Gasteiger partial charge in [0.1, 0.15) is 0 Å². The van der Waals surface area contributed by atoms with E-state index in [0.717, 1.165) is 15.7 Å². The maximum atomic E-state index is 11.8. The molecule has 2 rings (SSSR count). The first-order valence-corrected chi connectivity index (χ1v) is 7.56. The molecule has 0 spiro atoms. The number of hydrogen-bond donors (Lipinski definition) is 3. The van der Waals surface area contributed by atoms with Crippen LogP contribution in [0.15, 0.2) is 46.9 Å². The Bertz CT molecular complexity index is 643. The summed E-state index contributed by atoms with van der Waals surface area (Å²) in [5.41, 5.74) is 9.06. The number of anilines is 2. The average Bonchev–Trinajstić information content (AvgIpc) is 2.48. The van der Waals surface area contributed by atoms with Crippen LogP contribution in [-0.2, 0) is 6.54 Å². The zero-order valence-electron chi connectivity index (χ0n) is 11.8. The highest BCUT2D eigenvalue weighted by Crippen LogP contribution is 2.23. The van der Waals surface area contributed by atoms with Crippen LogP contribution in [0.25, 0.3) is 0 Å². The van der Waals surface area contributed by atoms with Gasteiger partial charge in [0.15, 0.2) is 0 Å². The van der Waals surface area contributed by atoms with Crippen LogP contribution in [0.2, 0.25) is 0 Å². The smallest absolute Gasteiger partial charge is 0.251 e. The first-order chi connectivity index (χ1) is 10.1. The monoisotopic (exact) mass is 347 g/mol. The minimum Gasteiger partial charge on any atom is -0.397 e. The lowest BCUT2D eigenvalue weighted by molar-refractivity contribution is 0.0956. The largest absolute Gasteiger partial charge is 0.397 e. The molecule has 0 radical (unpaired) electrons. The Morgan fingerprint density at radius 3 is 2.71 bits per heavy atom. The number of nitrogens with two attached hydrogens (primary N) is 1. The van der Waals surface area contributed by atoms with Crippen molar-refractivity contribution in [3.8, 4) is 0 Å². The van der Waals surface area contributed by atoms with Crippen LogP contribution in [0.1, 0.15) is 22.8 Å². The molecule has 4 N–H and O–H groups in total. The molecule has 0 fully saturated rings. The normalized spacial score (nSPS) is 10.2. The molecular formula is C16H18BrN3O. The summed E-state index contributed by atoms with van der Waals surface area (Å²) in [4.78, 5) is 11.8. The third kappa shape index (κ3) is 3.98. The summed E-state index contributed by atoms with van der Waals surface area (Å²) < 4.78 is 1.04. The van der Waals surface area contributed by atoms with Gasteiger partial charge < -0.3 is 16.4 Å². The van der Waals surface area contributed by atoms with Crippen LogP contribution < -0.4 is 16.4 Å². The fourth-order valence-electron chi connectivity index (χ4n) is 1.95. The van der Waals surface area contributed by atoms with Crippen LogP contribution in [-0.4, -0.2) is 12.5 Å². The molecule has 0 unspecified atom stereocenters. The molecule has 1 amide bonds. The van der Waals surface area contributed by atoms with E-state index in [2.05, 4.69) is 26.6 Å². The second-order valence-electron chi connectivity index (χ2n) is 4.61. The van der Waals surface area contributed by atoms with E-state index in [4.69, 9.17) is 5.73 Å². The second-order valence-corrected chi connectivity index (χ2v) is 5.46. The van der Waals surface area contributed by atoms with Crippen LogP contribution in [0.4, 0.5) is 11.4 Å². The summed E-state index contributed by atoms with van der Waals surface area (Å²) in [5, 5.41) is 6.05. The minimum absolute atomic E-state index is 0.0959. The molecule has 2 aromatic rings. The number of halogens is 1. The van der Waals surface area contributed by atoms with Crippen LogP contribution in [0.3, 0.4) is 0 Å². The lowest BCUT2D eigenvalue weighted by Gasteiger charge is -2.12. The van der Waals surface area contributed by atoms with Gasteiger partial charge in [0, 0.05) is 23.1 Å². The number of nitrogen functional groups attached to an aromatic ring is 1. The van der Waals surface area contributed by atoms with Gasteiger partial charge in [-0.3, -0.25) is 4.79 Å². The van der Waals surface area contributed by atoms with Crippen molar-refractivity contribution < 1.29 is 4.79 Å². The van der Waals surface area contributed by atoms with E-state index in [9.17, 15) is 4.79 Å². The highest BCUT2D eigenvalue weighted by Gasteiger charge is 2.08. The highest BCUT2D eigenvalue weighted by molar-refractivity contribution is 9.10. The van der Waals surface area contributed by atoms with Crippen molar-refractivity contribution in [2.24, 2.45) is 0 Å². The van der Waals surface area contributed by atoms with E-state index < -0.39 is 0 Å². The predicted octanol–water partition coefficient (Wildman–Crippen LogP) is 3.39. The molecule has 5 heteroatoms. The first kappa shape index (κ1) is 15.4. The van der Waals surface area contributed by atoms with E-state index >= 15 is 0 Å². The quantitative estimate of drug-likeness (QED) is 0.726. The van der Waals surface area contributed by atoms with Crippen molar-refractivity contribution in [3.63, 3.8) is 0 Å². The van der Waals surface area contributed by atoms with Gasteiger partial charge in [0.2, 0.25) is 0 Å². The number of nitrogens with one attached hydrogen (secondary N) is 2. The molecule has 0 atom stereocenters. The molecule has 0 aliphatic carbocycles. The van der Waals surface area contributed by atoms with E-state index in [1.165, 1.54) is 0 Å². The number of hydrogen-bond acceptors (Lipinski definition) is 3. The maximum Gasteiger partial charge on any atom is 0.251 e. The molecule has 0 bridgehead atoms. The summed E-state index contributed by atoms with van der Waals surface area (Å²) in [5.74, 6) is -0.0959. The van der Waals surface area contributed by atoms with Gasteiger partial charge in [-0.1, -0.05) is 34.1 Å². The number of benzene rings is 2. The van der Waals surface area contributed by atoms with Crippen molar-refractivity contribution >= 4 is 33.2 Å². The molecule has 110 valence electrons. The van der Waals surface area contributed by atoms with Gasteiger partial charge in [0.05, 0.1) is 11.4 Å². The predicted molar refractivity (Wildman–Crippen MR) is 90.3 cm³/mol. The second kappa shape index (κ2) is 7.13. The Labute approximate surface area is 132 Å². The van der Waals surface area contributed by atoms with Gasteiger partial charge in [-0.05, 0) is 36.8 Å². The summed E-state index contributed by atoms with van der Waals surface area (Å²) >= 11 is 3.51. The van der Waals surface area contributed by atoms with Crippen molar-refractivity contribution in [2.75, 3.05) is 17.6 Å². The summed E-state index contributed by atoms with van der Waals surface area (Å²) in [6, 6.07) is 13.2. The number of amides is 1. The Hall–Kier alpha value is -2.01. The lowest BCUT2D eigenvalue weighted by atomic mass is 10.1. The Balaban J connectivity index is 2.14. The van der Waals surface area contributed by atoms with Gasteiger partial charge in [-0.15, -0.1) is 0 Å². The molecular weight excluding hydrogens is 330 g/mol. The topological polar surface area (TPSA) is 67.2 Å². The third-order valence-corrected chi connectivity index (χ3v) is 3.85. The molecule has 0 aliphatic heterocycles. The molecule has 21 heavy (non-hydrogen) atoms. The lowest BCUT2D eigenvalue weighted by Crippen LogP contribution is -2.22. The van der Waals surface area contributed by atoms with Crippen molar-refractivity contribution in [3.05, 3.63) is 58.1 Å². The molecule has 0 heterocycles. The van der Waals surface area contributed by atoms with Crippen molar-refractivity contribution in [2.45, 2.75) is 13.5 Å².